The number of thioether (sulfide) groups is 1. The minimum atomic E-state index is -3.60. The number of nitrogens with one attached hydrogen (secondary N) is 1. The first-order chi connectivity index (χ1) is 9.88. The molecule has 0 aromatic heterocycles. The summed E-state index contributed by atoms with van der Waals surface area (Å²) in [6.07, 6.45) is 2.69. The molecule has 1 N–H and O–H groups in total. The van der Waals surface area contributed by atoms with E-state index < -0.39 is 15.8 Å². The molecule has 0 saturated heterocycles. The third-order valence-electron chi connectivity index (χ3n) is 3.41. The summed E-state index contributed by atoms with van der Waals surface area (Å²) in [5, 5.41) is 2.84. The lowest BCUT2D eigenvalue weighted by Gasteiger charge is -2.26. The van der Waals surface area contributed by atoms with E-state index in [1.54, 1.807) is 25.9 Å². The second kappa shape index (κ2) is 8.12. The molecule has 0 aliphatic carbocycles. The Bertz CT molecular complexity index is 564. The third kappa shape index (κ3) is 4.42. The predicted molar refractivity (Wildman–Crippen MR) is 86.6 cm³/mol. The van der Waals surface area contributed by atoms with Crippen LogP contribution in [0.5, 0.6) is 0 Å². The highest BCUT2D eigenvalue weighted by atomic mass is 32.2. The summed E-state index contributed by atoms with van der Waals surface area (Å²) in [7, 11) is -0.328. The van der Waals surface area contributed by atoms with Crippen molar-refractivity contribution in [3.8, 4) is 0 Å². The molecule has 4 nitrogen and oxygen atoms in total. The monoisotopic (exact) mass is 334 g/mol. The zero-order valence-corrected chi connectivity index (χ0v) is 14.5. The molecular formula is C14H23FN2O2S2. The van der Waals surface area contributed by atoms with E-state index in [1.807, 2.05) is 13.2 Å². The van der Waals surface area contributed by atoms with Crippen molar-refractivity contribution >= 4 is 21.8 Å². The van der Waals surface area contributed by atoms with Gasteiger partial charge in [0.25, 0.3) is 0 Å². The molecule has 0 saturated carbocycles. The summed E-state index contributed by atoms with van der Waals surface area (Å²) < 4.78 is 40.3. The molecule has 0 spiro atoms. The molecule has 1 unspecified atom stereocenters. The van der Waals surface area contributed by atoms with Crippen LogP contribution in [0, 0.1) is 5.82 Å². The SMILES string of the molecule is CCC(CSC)N(C)S(=O)(=O)c1ccc(F)c(CNC)c1. The Labute approximate surface area is 131 Å². The average molecular weight is 334 g/mol. The molecule has 7 heteroatoms. The van der Waals surface area contributed by atoms with Crippen LogP contribution in [0.2, 0.25) is 0 Å². The molecule has 120 valence electrons. The van der Waals surface area contributed by atoms with E-state index in [4.69, 9.17) is 0 Å². The van der Waals surface area contributed by atoms with Crippen molar-refractivity contribution in [2.24, 2.45) is 0 Å². The zero-order chi connectivity index (χ0) is 16.0. The zero-order valence-electron chi connectivity index (χ0n) is 12.9. The summed E-state index contributed by atoms with van der Waals surface area (Å²) in [4.78, 5) is 0.135. The minimum Gasteiger partial charge on any atom is -0.316 e. The smallest absolute Gasteiger partial charge is 0.243 e. The molecular weight excluding hydrogens is 311 g/mol. The first-order valence-electron chi connectivity index (χ1n) is 6.78. The Morgan fingerprint density at radius 3 is 2.62 bits per heavy atom. The molecule has 1 rings (SSSR count). The number of hydrogen-bond acceptors (Lipinski definition) is 4. The minimum absolute atomic E-state index is 0.0668. The fourth-order valence-corrected chi connectivity index (χ4v) is 4.49. The van der Waals surface area contributed by atoms with Crippen LogP contribution in [0.15, 0.2) is 23.1 Å². The van der Waals surface area contributed by atoms with Gasteiger partial charge in [0.2, 0.25) is 10.0 Å². The van der Waals surface area contributed by atoms with Gasteiger partial charge in [-0.25, -0.2) is 12.8 Å². The van der Waals surface area contributed by atoms with E-state index in [9.17, 15) is 12.8 Å². The van der Waals surface area contributed by atoms with E-state index in [2.05, 4.69) is 5.32 Å². The van der Waals surface area contributed by atoms with Crippen LogP contribution >= 0.6 is 11.8 Å². The van der Waals surface area contributed by atoms with Crippen LogP contribution in [0.1, 0.15) is 18.9 Å². The molecule has 0 bridgehead atoms. The van der Waals surface area contributed by atoms with Crippen LogP contribution in [0.3, 0.4) is 0 Å². The highest BCUT2D eigenvalue weighted by molar-refractivity contribution is 7.98. The summed E-state index contributed by atoms with van der Waals surface area (Å²) >= 11 is 1.61. The van der Waals surface area contributed by atoms with Crippen molar-refractivity contribution in [2.45, 2.75) is 30.8 Å². The van der Waals surface area contributed by atoms with Gasteiger partial charge in [-0.15, -0.1) is 0 Å². The summed E-state index contributed by atoms with van der Waals surface area (Å²) in [6, 6.07) is 3.88. The normalized spacial score (nSPS) is 13.6. The van der Waals surface area contributed by atoms with Crippen molar-refractivity contribution in [2.75, 3.05) is 26.1 Å². The van der Waals surface area contributed by atoms with Crippen LogP contribution in [0.4, 0.5) is 4.39 Å². The van der Waals surface area contributed by atoms with Crippen molar-refractivity contribution in [1.29, 1.82) is 0 Å². The standard InChI is InChI=1S/C14H23FN2O2S2/c1-5-12(10-20-4)17(3)21(18,19)13-6-7-14(15)11(8-13)9-16-2/h6-8,12,16H,5,9-10H2,1-4H3. The number of nitrogens with zero attached hydrogens (tertiary/aromatic N) is 1. The highest BCUT2D eigenvalue weighted by Gasteiger charge is 2.27. The van der Waals surface area contributed by atoms with Gasteiger partial charge in [0.15, 0.2) is 0 Å². The molecule has 1 aromatic carbocycles. The van der Waals surface area contributed by atoms with Crippen LogP contribution in [-0.2, 0) is 16.6 Å². The number of sulfonamides is 1. The van der Waals surface area contributed by atoms with Gasteiger partial charge >= 0.3 is 0 Å². The quantitative estimate of drug-likeness (QED) is 0.792. The summed E-state index contributed by atoms with van der Waals surface area (Å²) in [5.41, 5.74) is 0.352. The van der Waals surface area contributed by atoms with Crippen LogP contribution in [-0.4, -0.2) is 44.9 Å². The Morgan fingerprint density at radius 2 is 2.10 bits per heavy atom. The first-order valence-corrected chi connectivity index (χ1v) is 9.61. The van der Waals surface area contributed by atoms with Crippen molar-refractivity contribution < 1.29 is 12.8 Å². The van der Waals surface area contributed by atoms with Gasteiger partial charge in [-0.1, -0.05) is 6.92 Å². The second-order valence-electron chi connectivity index (χ2n) is 4.82. The summed E-state index contributed by atoms with van der Waals surface area (Å²) in [5.74, 6) is 0.332. The molecule has 0 fully saturated rings. The fraction of sp³-hybridized carbons (Fsp3) is 0.571. The Balaban J connectivity index is 3.15. The number of rotatable bonds is 8. The molecule has 0 aliphatic rings. The lowest BCUT2D eigenvalue weighted by Crippen LogP contribution is -2.38. The molecule has 0 heterocycles. The molecule has 0 radical (unpaired) electrons. The number of halogens is 1. The molecule has 1 aromatic rings. The van der Waals surface area contributed by atoms with Gasteiger partial charge in [0.1, 0.15) is 5.82 Å². The maximum atomic E-state index is 13.6. The van der Waals surface area contributed by atoms with E-state index in [1.165, 1.54) is 22.5 Å². The molecule has 1 atom stereocenters. The largest absolute Gasteiger partial charge is 0.316 e. The van der Waals surface area contributed by atoms with Gasteiger partial charge in [0.05, 0.1) is 4.90 Å². The lowest BCUT2D eigenvalue weighted by molar-refractivity contribution is 0.385. The highest BCUT2D eigenvalue weighted by Crippen LogP contribution is 2.22. The molecule has 21 heavy (non-hydrogen) atoms. The Hall–Kier alpha value is -0.630. The van der Waals surface area contributed by atoms with Crippen molar-refractivity contribution in [3.63, 3.8) is 0 Å². The predicted octanol–water partition coefficient (Wildman–Crippen LogP) is 2.31. The second-order valence-corrected chi connectivity index (χ2v) is 7.73. The van der Waals surface area contributed by atoms with Gasteiger partial charge in [-0.05, 0) is 37.9 Å². The van der Waals surface area contributed by atoms with Crippen molar-refractivity contribution in [3.05, 3.63) is 29.6 Å². The molecule has 0 amide bonds. The molecule has 0 aliphatic heterocycles. The summed E-state index contributed by atoms with van der Waals surface area (Å²) in [6.45, 7) is 2.25. The maximum Gasteiger partial charge on any atom is 0.243 e. The third-order valence-corrected chi connectivity index (χ3v) is 6.03. The fourth-order valence-electron chi connectivity index (χ4n) is 2.07. The maximum absolute atomic E-state index is 13.6. The Morgan fingerprint density at radius 1 is 1.43 bits per heavy atom. The Kier molecular flexibility index (Phi) is 7.12. The van der Waals surface area contributed by atoms with E-state index in [0.717, 1.165) is 12.2 Å². The lowest BCUT2D eigenvalue weighted by atomic mass is 10.2. The van der Waals surface area contributed by atoms with Crippen LogP contribution < -0.4 is 5.32 Å². The van der Waals surface area contributed by atoms with Gasteiger partial charge in [-0.2, -0.15) is 16.1 Å². The topological polar surface area (TPSA) is 49.4 Å². The number of benzene rings is 1. The van der Waals surface area contributed by atoms with E-state index >= 15 is 0 Å². The first kappa shape index (κ1) is 18.4. The van der Waals surface area contributed by atoms with Gasteiger partial charge in [0, 0.05) is 31.0 Å². The van der Waals surface area contributed by atoms with E-state index in [0.29, 0.717) is 12.1 Å². The van der Waals surface area contributed by atoms with Crippen molar-refractivity contribution in [1.82, 2.24) is 9.62 Å². The van der Waals surface area contributed by atoms with Gasteiger partial charge < -0.3 is 5.32 Å². The van der Waals surface area contributed by atoms with Gasteiger partial charge in [-0.3, -0.25) is 0 Å². The van der Waals surface area contributed by atoms with E-state index in [-0.39, 0.29) is 10.9 Å². The number of hydrogen-bond donors (Lipinski definition) is 1. The average Bonchev–Trinajstić information content (AvgIpc) is 2.46. The van der Waals surface area contributed by atoms with Crippen LogP contribution in [0.25, 0.3) is 0 Å².